The zero-order valence-electron chi connectivity index (χ0n) is 19.1. The van der Waals surface area contributed by atoms with Crippen LogP contribution in [0, 0.1) is 6.92 Å². The van der Waals surface area contributed by atoms with E-state index in [-0.39, 0.29) is 30.3 Å². The number of nitrogens with zero attached hydrogens (tertiary/aromatic N) is 3. The van der Waals surface area contributed by atoms with Gasteiger partial charge in [0.1, 0.15) is 18.1 Å². The minimum atomic E-state index is -0.266. The van der Waals surface area contributed by atoms with E-state index < -0.39 is 0 Å². The second kappa shape index (κ2) is 11.4. The van der Waals surface area contributed by atoms with Crippen LogP contribution in [-0.2, 0) is 19.5 Å². The van der Waals surface area contributed by atoms with Gasteiger partial charge in [0.05, 0.1) is 13.1 Å². The van der Waals surface area contributed by atoms with E-state index in [2.05, 4.69) is 36.3 Å². The second-order valence-corrected chi connectivity index (χ2v) is 9.29. The zero-order valence-corrected chi connectivity index (χ0v) is 19.9. The van der Waals surface area contributed by atoms with Gasteiger partial charge in [-0.3, -0.25) is 9.59 Å². The Morgan fingerprint density at radius 3 is 2.41 bits per heavy atom. The van der Waals surface area contributed by atoms with Crippen LogP contribution in [0.25, 0.3) is 0 Å². The number of carbonyl (C=O) groups excluding carboxylic acids is 1. The average molecular weight is 474 g/mol. The normalized spacial score (nSPS) is 10.7. The topological polar surface area (TPSA) is 64.4 Å². The van der Waals surface area contributed by atoms with Crippen LogP contribution in [0.1, 0.15) is 25.8 Å². The molecule has 1 amide bonds. The van der Waals surface area contributed by atoms with Crippen molar-refractivity contribution < 1.29 is 9.53 Å². The Bertz CT molecular complexity index is 1270. The maximum atomic E-state index is 13.5. The summed E-state index contributed by atoms with van der Waals surface area (Å²) in [6, 6.07) is 26.5. The summed E-state index contributed by atoms with van der Waals surface area (Å²) in [6.07, 6.45) is 0.738. The molecule has 2 aromatic heterocycles. The standard InChI is InChI=1S/C27H27N3O3S/c1-21-12-13-24(34-21)20-29(17-16-22-8-4-2-5-9-22)27(32)25-14-15-26(31)30(28-25)18-19-33-23-10-6-3-7-11-23/h2-15H,16-20H2,1H3. The van der Waals surface area contributed by atoms with Crippen LogP contribution in [0.2, 0.25) is 0 Å². The van der Waals surface area contributed by atoms with E-state index in [1.54, 1.807) is 16.2 Å². The van der Waals surface area contributed by atoms with E-state index in [1.165, 1.54) is 27.3 Å². The molecule has 0 fully saturated rings. The molecule has 0 aliphatic carbocycles. The van der Waals surface area contributed by atoms with Crippen LogP contribution >= 0.6 is 11.3 Å². The fourth-order valence-corrected chi connectivity index (χ4v) is 4.48. The van der Waals surface area contributed by atoms with Gasteiger partial charge in [0.25, 0.3) is 11.5 Å². The van der Waals surface area contributed by atoms with Crippen LogP contribution < -0.4 is 10.3 Å². The number of amides is 1. The molecule has 0 saturated heterocycles. The Morgan fingerprint density at radius 1 is 0.971 bits per heavy atom. The first-order chi connectivity index (χ1) is 16.6. The maximum Gasteiger partial charge on any atom is 0.274 e. The fourth-order valence-electron chi connectivity index (χ4n) is 3.57. The number of thiophene rings is 1. The summed E-state index contributed by atoms with van der Waals surface area (Å²) in [5.41, 5.74) is 1.15. The molecular weight excluding hydrogens is 446 g/mol. The third-order valence-corrected chi connectivity index (χ3v) is 6.33. The van der Waals surface area contributed by atoms with Gasteiger partial charge in [-0.1, -0.05) is 48.5 Å². The summed E-state index contributed by atoms with van der Waals surface area (Å²) in [4.78, 5) is 29.9. The number of hydrogen-bond donors (Lipinski definition) is 0. The molecule has 0 atom stereocenters. The number of ether oxygens (including phenoxy) is 1. The fraction of sp³-hybridized carbons (Fsp3) is 0.222. The van der Waals surface area contributed by atoms with Crippen molar-refractivity contribution in [3.05, 3.63) is 116 Å². The minimum Gasteiger partial charge on any atom is -0.492 e. The number of aryl methyl sites for hydroxylation is 1. The van der Waals surface area contributed by atoms with E-state index in [1.807, 2.05) is 48.5 Å². The summed E-state index contributed by atoms with van der Waals surface area (Å²) in [7, 11) is 0. The highest BCUT2D eigenvalue weighted by atomic mass is 32.1. The van der Waals surface area contributed by atoms with E-state index in [4.69, 9.17) is 4.74 Å². The molecule has 7 heteroatoms. The summed E-state index contributed by atoms with van der Waals surface area (Å²) < 4.78 is 6.98. The van der Waals surface area contributed by atoms with Gasteiger partial charge in [-0.05, 0) is 49.2 Å². The molecule has 34 heavy (non-hydrogen) atoms. The summed E-state index contributed by atoms with van der Waals surface area (Å²) >= 11 is 1.68. The Balaban J connectivity index is 1.48. The van der Waals surface area contributed by atoms with Crippen molar-refractivity contribution in [1.29, 1.82) is 0 Å². The number of hydrogen-bond acceptors (Lipinski definition) is 5. The van der Waals surface area contributed by atoms with Gasteiger partial charge >= 0.3 is 0 Å². The molecule has 174 valence electrons. The second-order valence-electron chi connectivity index (χ2n) is 7.92. The van der Waals surface area contributed by atoms with Gasteiger partial charge < -0.3 is 9.64 Å². The van der Waals surface area contributed by atoms with Crippen molar-refractivity contribution in [3.63, 3.8) is 0 Å². The van der Waals surface area contributed by atoms with Crippen molar-refractivity contribution in [2.45, 2.75) is 26.4 Å². The van der Waals surface area contributed by atoms with Crippen molar-refractivity contribution >= 4 is 17.2 Å². The van der Waals surface area contributed by atoms with Gasteiger partial charge in [-0.2, -0.15) is 5.10 Å². The average Bonchev–Trinajstić information content (AvgIpc) is 3.28. The molecular formula is C27H27N3O3S. The van der Waals surface area contributed by atoms with Gasteiger partial charge in [0.2, 0.25) is 0 Å². The highest BCUT2D eigenvalue weighted by Gasteiger charge is 2.19. The van der Waals surface area contributed by atoms with E-state index in [0.717, 1.165) is 17.0 Å². The van der Waals surface area contributed by atoms with Crippen LogP contribution in [0.5, 0.6) is 5.75 Å². The predicted molar refractivity (Wildman–Crippen MR) is 134 cm³/mol. The molecule has 0 radical (unpaired) electrons. The number of para-hydroxylation sites is 1. The lowest BCUT2D eigenvalue weighted by Gasteiger charge is -2.22. The largest absolute Gasteiger partial charge is 0.492 e. The van der Waals surface area contributed by atoms with Crippen LogP contribution in [0.15, 0.2) is 89.7 Å². The first-order valence-corrected chi connectivity index (χ1v) is 12.0. The maximum absolute atomic E-state index is 13.5. The van der Waals surface area contributed by atoms with E-state index >= 15 is 0 Å². The molecule has 0 aliphatic rings. The highest BCUT2D eigenvalue weighted by Crippen LogP contribution is 2.18. The number of carbonyl (C=O) groups is 1. The van der Waals surface area contributed by atoms with Crippen LogP contribution in [-0.4, -0.2) is 33.7 Å². The minimum absolute atomic E-state index is 0.195. The number of rotatable bonds is 10. The first kappa shape index (κ1) is 23.4. The SMILES string of the molecule is Cc1ccc(CN(CCc2ccccc2)C(=O)c2ccc(=O)n(CCOc3ccccc3)n2)s1. The van der Waals surface area contributed by atoms with Gasteiger partial charge in [0, 0.05) is 22.4 Å². The van der Waals surface area contributed by atoms with E-state index in [0.29, 0.717) is 13.1 Å². The molecule has 0 unspecified atom stereocenters. The molecule has 0 N–H and O–H groups in total. The molecule has 4 rings (SSSR count). The first-order valence-electron chi connectivity index (χ1n) is 11.2. The van der Waals surface area contributed by atoms with E-state index in [9.17, 15) is 9.59 Å². The predicted octanol–water partition coefficient (Wildman–Crippen LogP) is 4.58. The van der Waals surface area contributed by atoms with Crippen LogP contribution in [0.3, 0.4) is 0 Å². The quantitative estimate of drug-likeness (QED) is 0.338. The van der Waals surface area contributed by atoms with Crippen molar-refractivity contribution in [2.24, 2.45) is 0 Å². The smallest absolute Gasteiger partial charge is 0.274 e. The third kappa shape index (κ3) is 6.42. The van der Waals surface area contributed by atoms with Crippen LogP contribution in [0.4, 0.5) is 0 Å². The molecule has 0 saturated carbocycles. The Morgan fingerprint density at radius 2 is 1.71 bits per heavy atom. The third-order valence-electron chi connectivity index (χ3n) is 5.34. The monoisotopic (exact) mass is 473 g/mol. The summed E-state index contributed by atoms with van der Waals surface area (Å²) in [6.45, 7) is 3.64. The molecule has 0 bridgehead atoms. The van der Waals surface area contributed by atoms with Crippen molar-refractivity contribution in [1.82, 2.24) is 14.7 Å². The van der Waals surface area contributed by atoms with Crippen molar-refractivity contribution in [2.75, 3.05) is 13.2 Å². The molecule has 2 heterocycles. The molecule has 2 aromatic carbocycles. The Labute approximate surface area is 203 Å². The lowest BCUT2D eigenvalue weighted by molar-refractivity contribution is 0.0737. The number of benzene rings is 2. The Kier molecular flexibility index (Phi) is 7.88. The Hall–Kier alpha value is -3.71. The highest BCUT2D eigenvalue weighted by molar-refractivity contribution is 7.11. The molecule has 6 nitrogen and oxygen atoms in total. The zero-order chi connectivity index (χ0) is 23.8. The number of aromatic nitrogens is 2. The molecule has 0 aliphatic heterocycles. The van der Waals surface area contributed by atoms with Crippen molar-refractivity contribution in [3.8, 4) is 5.75 Å². The lowest BCUT2D eigenvalue weighted by atomic mass is 10.1. The summed E-state index contributed by atoms with van der Waals surface area (Å²) in [5.74, 6) is 0.529. The molecule has 0 spiro atoms. The van der Waals surface area contributed by atoms with Gasteiger partial charge in [0.15, 0.2) is 0 Å². The van der Waals surface area contributed by atoms with Gasteiger partial charge in [-0.15, -0.1) is 11.3 Å². The molecule has 4 aromatic rings. The lowest BCUT2D eigenvalue weighted by Crippen LogP contribution is -2.35. The summed E-state index contributed by atoms with van der Waals surface area (Å²) in [5, 5.41) is 4.36. The van der Waals surface area contributed by atoms with Gasteiger partial charge in [-0.25, -0.2) is 4.68 Å².